The first-order valence-electron chi connectivity index (χ1n) is 5.67. The third kappa shape index (κ3) is 2.73. The second kappa shape index (κ2) is 5.09. The highest BCUT2D eigenvalue weighted by atomic mass is 19.1. The van der Waals surface area contributed by atoms with E-state index in [0.29, 0.717) is 6.54 Å². The van der Waals surface area contributed by atoms with E-state index in [1.165, 1.54) is 6.07 Å². The fraction of sp³-hybridized carbons (Fsp3) is 0.231. The number of anilines is 1. The molecule has 100 valence electrons. The summed E-state index contributed by atoms with van der Waals surface area (Å²) in [5, 5.41) is 10.9. The lowest BCUT2D eigenvalue weighted by molar-refractivity contribution is -0.384. The standard InChI is InChI=1S/C13H13FN2O3/c1-9-10(5-6-19-9)8-15(2)13-7-11(14)3-4-12(13)16(17)18/h3-7H,8H2,1-2H3. The zero-order valence-electron chi connectivity index (χ0n) is 10.6. The smallest absolute Gasteiger partial charge is 0.292 e. The molecule has 0 aliphatic carbocycles. The van der Waals surface area contributed by atoms with Crippen molar-refractivity contribution < 1.29 is 13.7 Å². The highest BCUT2D eigenvalue weighted by Gasteiger charge is 2.18. The van der Waals surface area contributed by atoms with Crippen molar-refractivity contribution in [2.24, 2.45) is 0 Å². The molecule has 0 aliphatic rings. The van der Waals surface area contributed by atoms with Gasteiger partial charge in [0.1, 0.15) is 17.3 Å². The van der Waals surface area contributed by atoms with Crippen molar-refractivity contribution >= 4 is 11.4 Å². The monoisotopic (exact) mass is 264 g/mol. The van der Waals surface area contributed by atoms with Gasteiger partial charge in [0.2, 0.25) is 0 Å². The number of rotatable bonds is 4. The summed E-state index contributed by atoms with van der Waals surface area (Å²) in [5.74, 6) is 0.238. The summed E-state index contributed by atoms with van der Waals surface area (Å²) in [5.41, 5.74) is 1.02. The molecule has 1 aromatic carbocycles. The molecule has 0 N–H and O–H groups in total. The molecule has 6 heteroatoms. The molecule has 0 spiro atoms. The number of nitro groups is 1. The van der Waals surface area contributed by atoms with E-state index in [1.54, 1.807) is 24.3 Å². The van der Waals surface area contributed by atoms with Crippen LogP contribution in [0.2, 0.25) is 0 Å². The van der Waals surface area contributed by atoms with Crippen LogP contribution in [0.15, 0.2) is 34.9 Å². The Bertz CT molecular complexity index is 610. The number of halogens is 1. The lowest BCUT2D eigenvalue weighted by atomic mass is 10.2. The molecule has 0 radical (unpaired) electrons. The van der Waals surface area contributed by atoms with Crippen molar-refractivity contribution in [2.75, 3.05) is 11.9 Å². The first-order chi connectivity index (χ1) is 8.99. The number of furan rings is 1. The van der Waals surface area contributed by atoms with Crippen molar-refractivity contribution in [2.45, 2.75) is 13.5 Å². The molecule has 0 saturated heterocycles. The van der Waals surface area contributed by atoms with Gasteiger partial charge in [-0.1, -0.05) is 0 Å². The van der Waals surface area contributed by atoms with Crippen molar-refractivity contribution in [3.05, 3.63) is 57.8 Å². The lowest BCUT2D eigenvalue weighted by Crippen LogP contribution is -2.18. The predicted molar refractivity (Wildman–Crippen MR) is 68.6 cm³/mol. The van der Waals surface area contributed by atoms with Gasteiger partial charge < -0.3 is 9.32 Å². The molecule has 1 aromatic heterocycles. The Labute approximate surface area is 109 Å². The SMILES string of the molecule is Cc1occc1CN(C)c1cc(F)ccc1[N+](=O)[O-]. The average Bonchev–Trinajstić information content (AvgIpc) is 2.74. The first kappa shape index (κ1) is 13.1. The summed E-state index contributed by atoms with van der Waals surface area (Å²) in [7, 11) is 1.67. The largest absolute Gasteiger partial charge is 0.469 e. The van der Waals surface area contributed by atoms with Gasteiger partial charge in [-0.05, 0) is 19.1 Å². The molecule has 0 fully saturated rings. The molecular weight excluding hydrogens is 251 g/mol. The van der Waals surface area contributed by atoms with Crippen LogP contribution in [0, 0.1) is 22.9 Å². The van der Waals surface area contributed by atoms with Crippen LogP contribution >= 0.6 is 0 Å². The van der Waals surface area contributed by atoms with Gasteiger partial charge >= 0.3 is 0 Å². The van der Waals surface area contributed by atoms with Gasteiger partial charge in [0, 0.05) is 31.3 Å². The first-order valence-corrected chi connectivity index (χ1v) is 5.67. The van der Waals surface area contributed by atoms with Gasteiger partial charge in [-0.3, -0.25) is 10.1 Å². The molecule has 0 unspecified atom stereocenters. The summed E-state index contributed by atoms with van der Waals surface area (Å²) >= 11 is 0. The van der Waals surface area contributed by atoms with Gasteiger partial charge in [0.25, 0.3) is 5.69 Å². The third-order valence-electron chi connectivity index (χ3n) is 2.92. The van der Waals surface area contributed by atoms with E-state index in [1.807, 2.05) is 6.92 Å². The minimum Gasteiger partial charge on any atom is -0.469 e. The van der Waals surface area contributed by atoms with Crippen LogP contribution in [-0.4, -0.2) is 12.0 Å². The summed E-state index contributed by atoms with van der Waals surface area (Å²) in [6.07, 6.45) is 1.55. The molecule has 0 aliphatic heterocycles. The normalized spacial score (nSPS) is 10.5. The quantitative estimate of drug-likeness (QED) is 0.628. The topological polar surface area (TPSA) is 59.5 Å². The second-order valence-corrected chi connectivity index (χ2v) is 4.25. The summed E-state index contributed by atoms with van der Waals surface area (Å²) in [6.45, 7) is 2.22. The summed E-state index contributed by atoms with van der Waals surface area (Å²) in [4.78, 5) is 12.0. The van der Waals surface area contributed by atoms with Crippen molar-refractivity contribution in [3.8, 4) is 0 Å². The highest BCUT2D eigenvalue weighted by molar-refractivity contribution is 5.63. The van der Waals surface area contributed by atoms with Gasteiger partial charge in [-0.15, -0.1) is 0 Å². The van der Waals surface area contributed by atoms with E-state index in [4.69, 9.17) is 4.42 Å². The van der Waals surface area contributed by atoms with E-state index in [9.17, 15) is 14.5 Å². The summed E-state index contributed by atoms with van der Waals surface area (Å²) < 4.78 is 18.4. The number of aryl methyl sites for hydroxylation is 1. The van der Waals surface area contributed by atoms with Gasteiger partial charge in [0.05, 0.1) is 11.2 Å². The van der Waals surface area contributed by atoms with Crippen LogP contribution in [0.25, 0.3) is 0 Å². The number of benzene rings is 1. The minimum atomic E-state index is -0.520. The maximum Gasteiger partial charge on any atom is 0.292 e. The van der Waals surface area contributed by atoms with Crippen LogP contribution in [0.4, 0.5) is 15.8 Å². The van der Waals surface area contributed by atoms with Gasteiger partial charge in [-0.25, -0.2) is 4.39 Å². The van der Waals surface area contributed by atoms with Gasteiger partial charge in [-0.2, -0.15) is 0 Å². The Balaban J connectivity index is 2.32. The number of hydrogen-bond acceptors (Lipinski definition) is 4. The molecular formula is C13H13FN2O3. The maximum atomic E-state index is 13.3. The fourth-order valence-electron chi connectivity index (χ4n) is 1.87. The second-order valence-electron chi connectivity index (χ2n) is 4.25. The Morgan fingerprint density at radius 1 is 1.42 bits per heavy atom. The Morgan fingerprint density at radius 3 is 2.74 bits per heavy atom. The number of nitrogens with zero attached hydrogens (tertiary/aromatic N) is 2. The zero-order chi connectivity index (χ0) is 14.0. The highest BCUT2D eigenvalue weighted by Crippen LogP contribution is 2.29. The average molecular weight is 264 g/mol. The van der Waals surface area contributed by atoms with Crippen molar-refractivity contribution in [3.63, 3.8) is 0 Å². The number of hydrogen-bond donors (Lipinski definition) is 0. The van der Waals surface area contributed by atoms with Crippen LogP contribution in [0.5, 0.6) is 0 Å². The molecule has 1 heterocycles. The van der Waals surface area contributed by atoms with E-state index in [2.05, 4.69) is 0 Å². The molecule has 0 saturated carbocycles. The fourth-order valence-corrected chi connectivity index (χ4v) is 1.87. The van der Waals surface area contributed by atoms with E-state index >= 15 is 0 Å². The maximum absolute atomic E-state index is 13.3. The Morgan fingerprint density at radius 2 is 2.16 bits per heavy atom. The zero-order valence-corrected chi connectivity index (χ0v) is 10.6. The summed E-state index contributed by atoms with van der Waals surface area (Å²) in [6, 6.07) is 5.20. The molecule has 2 rings (SSSR count). The molecule has 2 aromatic rings. The molecule has 0 amide bonds. The van der Waals surface area contributed by atoms with Crippen LogP contribution < -0.4 is 4.90 Å². The lowest BCUT2D eigenvalue weighted by Gasteiger charge is -2.18. The third-order valence-corrected chi connectivity index (χ3v) is 2.92. The van der Waals surface area contributed by atoms with Crippen LogP contribution in [0.3, 0.4) is 0 Å². The van der Waals surface area contributed by atoms with Crippen molar-refractivity contribution in [1.82, 2.24) is 0 Å². The Kier molecular flexibility index (Phi) is 3.50. The number of nitro benzene ring substituents is 1. The molecule has 5 nitrogen and oxygen atoms in total. The van der Waals surface area contributed by atoms with E-state index in [0.717, 1.165) is 23.5 Å². The van der Waals surface area contributed by atoms with Crippen LogP contribution in [0.1, 0.15) is 11.3 Å². The molecule has 0 bridgehead atoms. The van der Waals surface area contributed by atoms with Crippen molar-refractivity contribution in [1.29, 1.82) is 0 Å². The van der Waals surface area contributed by atoms with E-state index in [-0.39, 0.29) is 11.4 Å². The van der Waals surface area contributed by atoms with Gasteiger partial charge in [0.15, 0.2) is 0 Å². The minimum absolute atomic E-state index is 0.120. The molecule has 0 atom stereocenters. The van der Waals surface area contributed by atoms with E-state index < -0.39 is 10.7 Å². The Hall–Kier alpha value is -2.37. The molecule has 19 heavy (non-hydrogen) atoms. The predicted octanol–water partition coefficient (Wildman–Crippen LogP) is 3.27. The van der Waals surface area contributed by atoms with Crippen LogP contribution in [-0.2, 0) is 6.54 Å².